The minimum atomic E-state index is -4.37. The van der Waals surface area contributed by atoms with Crippen molar-refractivity contribution in [1.29, 1.82) is 0 Å². The molecule has 0 heterocycles. The monoisotopic (exact) mass is 735 g/mol. The molecule has 0 aliphatic carbocycles. The average Bonchev–Trinajstić information content (AvgIpc) is 3.09. The van der Waals surface area contributed by atoms with Crippen LogP contribution < -0.4 is 11.1 Å². The summed E-state index contributed by atoms with van der Waals surface area (Å²) in [4.78, 5) is 22.7. The first-order valence-corrected chi connectivity index (χ1v) is 22.7. The second-order valence-corrected chi connectivity index (χ2v) is 16.2. The highest BCUT2D eigenvalue weighted by molar-refractivity contribution is 7.47. The van der Waals surface area contributed by atoms with Gasteiger partial charge in [-0.05, 0) is 12.8 Å². The van der Waals surface area contributed by atoms with Crippen molar-refractivity contribution >= 4 is 13.7 Å². The first kappa shape index (κ1) is 49.5. The molecule has 0 bridgehead atoms. The summed E-state index contributed by atoms with van der Waals surface area (Å²) in [7, 11) is -4.37. The highest BCUT2D eigenvalue weighted by Crippen LogP contribution is 2.43. The second kappa shape index (κ2) is 36.8. The van der Waals surface area contributed by atoms with Crippen LogP contribution in [0.15, 0.2) is 0 Å². The Morgan fingerprint density at radius 3 is 1.34 bits per heavy atom. The van der Waals surface area contributed by atoms with Gasteiger partial charge in [0.15, 0.2) is 0 Å². The lowest BCUT2D eigenvalue weighted by atomic mass is 10.0. The number of nitrogens with one attached hydrogen (secondary N) is 1. The molecule has 0 rings (SSSR count). The van der Waals surface area contributed by atoms with Crippen LogP contribution in [0.1, 0.15) is 213 Å². The van der Waals surface area contributed by atoms with Crippen molar-refractivity contribution < 1.29 is 33.5 Å². The fourth-order valence-corrected chi connectivity index (χ4v) is 7.29. The topological polar surface area (TPSA) is 151 Å². The highest BCUT2D eigenvalue weighted by Gasteiger charge is 2.28. The van der Waals surface area contributed by atoms with Gasteiger partial charge in [-0.2, -0.15) is 0 Å². The average molecular weight is 735 g/mol. The number of nitrogens with two attached hydrogens (primary N) is 1. The number of unbranched alkanes of at least 4 members (excludes halogenated alkanes) is 26. The third kappa shape index (κ3) is 34.5. The molecule has 0 aliphatic heterocycles. The molecular weight excluding hydrogens is 651 g/mol. The minimum Gasteiger partial charge on any atom is -0.393 e. The van der Waals surface area contributed by atoms with E-state index in [0.717, 1.165) is 38.5 Å². The zero-order valence-corrected chi connectivity index (χ0v) is 33.7. The summed E-state index contributed by atoms with van der Waals surface area (Å²) in [6.45, 7) is 4.05. The Morgan fingerprint density at radius 2 is 0.960 bits per heavy atom. The molecular formula is C40H83N2O7P. The first-order chi connectivity index (χ1) is 24.3. The number of amides is 1. The number of phosphoric acid groups is 1. The SMILES string of the molecule is CCCCCCCCCCCCCCCCCCC(O)CC(=O)NC(COP(=O)(O)OCCN)C(O)CCCCCCCCCCCCCC. The summed E-state index contributed by atoms with van der Waals surface area (Å²) in [5, 5.41) is 24.1. The number of hydrogen-bond acceptors (Lipinski definition) is 7. The lowest BCUT2D eigenvalue weighted by molar-refractivity contribution is -0.125. The number of aliphatic hydroxyl groups is 2. The van der Waals surface area contributed by atoms with Gasteiger partial charge in [0.1, 0.15) is 0 Å². The van der Waals surface area contributed by atoms with Gasteiger partial charge < -0.3 is 26.2 Å². The van der Waals surface area contributed by atoms with Gasteiger partial charge in [-0.25, -0.2) is 4.57 Å². The van der Waals surface area contributed by atoms with Crippen molar-refractivity contribution in [1.82, 2.24) is 5.32 Å². The van der Waals surface area contributed by atoms with Gasteiger partial charge in [0, 0.05) is 6.54 Å². The van der Waals surface area contributed by atoms with E-state index < -0.39 is 32.0 Å². The highest BCUT2D eigenvalue weighted by atomic mass is 31.2. The molecule has 300 valence electrons. The molecule has 1 amide bonds. The largest absolute Gasteiger partial charge is 0.472 e. The third-order valence-corrected chi connectivity index (χ3v) is 10.7. The van der Waals surface area contributed by atoms with Gasteiger partial charge in [-0.3, -0.25) is 13.8 Å². The number of phosphoric ester groups is 1. The van der Waals surface area contributed by atoms with Gasteiger partial charge in [0.05, 0.1) is 37.9 Å². The zero-order chi connectivity index (χ0) is 37.0. The van der Waals surface area contributed by atoms with Crippen molar-refractivity contribution in [2.45, 2.75) is 231 Å². The number of hydrogen-bond donors (Lipinski definition) is 5. The molecule has 9 nitrogen and oxygen atoms in total. The fourth-order valence-electron chi connectivity index (χ4n) is 6.53. The van der Waals surface area contributed by atoms with Crippen LogP contribution in [0, 0.1) is 0 Å². The Bertz CT molecular complexity index is 776. The molecule has 0 spiro atoms. The molecule has 50 heavy (non-hydrogen) atoms. The smallest absolute Gasteiger partial charge is 0.393 e. The van der Waals surface area contributed by atoms with Crippen LogP contribution in [0.5, 0.6) is 0 Å². The zero-order valence-electron chi connectivity index (χ0n) is 32.8. The minimum absolute atomic E-state index is 0.0624. The van der Waals surface area contributed by atoms with Crippen molar-refractivity contribution in [2.75, 3.05) is 19.8 Å². The van der Waals surface area contributed by atoms with Crippen molar-refractivity contribution in [3.8, 4) is 0 Å². The Kier molecular flexibility index (Phi) is 36.4. The normalized spacial score (nSPS) is 14.8. The van der Waals surface area contributed by atoms with Gasteiger partial charge in [-0.1, -0.05) is 194 Å². The van der Waals surface area contributed by atoms with E-state index in [1.54, 1.807) is 0 Å². The molecule has 4 atom stereocenters. The number of aliphatic hydroxyl groups excluding tert-OH is 2. The van der Waals surface area contributed by atoms with Crippen LogP contribution in [0.25, 0.3) is 0 Å². The Morgan fingerprint density at radius 1 is 0.600 bits per heavy atom. The van der Waals surface area contributed by atoms with Crippen molar-refractivity contribution in [2.24, 2.45) is 5.73 Å². The van der Waals surface area contributed by atoms with Crippen LogP contribution in [0.3, 0.4) is 0 Å². The maximum atomic E-state index is 12.8. The van der Waals surface area contributed by atoms with Crippen LogP contribution in [-0.2, 0) is 18.4 Å². The Hall–Kier alpha value is -0.540. The molecule has 0 fully saturated rings. The maximum absolute atomic E-state index is 12.8. The summed E-state index contributed by atoms with van der Waals surface area (Å²) >= 11 is 0. The Labute approximate surface area is 308 Å². The summed E-state index contributed by atoms with van der Waals surface area (Å²) in [6, 6.07) is -0.889. The van der Waals surface area contributed by atoms with E-state index in [-0.39, 0.29) is 26.2 Å². The van der Waals surface area contributed by atoms with Crippen molar-refractivity contribution in [3.63, 3.8) is 0 Å². The van der Waals surface area contributed by atoms with E-state index in [1.165, 1.54) is 141 Å². The first-order valence-electron chi connectivity index (χ1n) is 21.2. The quantitative estimate of drug-likeness (QED) is 0.0308. The number of carbonyl (C=O) groups is 1. The molecule has 0 aromatic carbocycles. The van der Waals surface area contributed by atoms with Crippen LogP contribution in [-0.4, -0.2) is 59.0 Å². The summed E-state index contributed by atoms with van der Waals surface area (Å²) in [5.41, 5.74) is 5.36. The molecule has 0 aromatic heterocycles. The lowest BCUT2D eigenvalue weighted by Crippen LogP contribution is -2.47. The molecule has 0 saturated carbocycles. The van der Waals surface area contributed by atoms with E-state index in [0.29, 0.717) is 12.8 Å². The van der Waals surface area contributed by atoms with Gasteiger partial charge >= 0.3 is 7.82 Å². The molecule has 4 unspecified atom stereocenters. The van der Waals surface area contributed by atoms with Crippen LogP contribution in [0.4, 0.5) is 0 Å². The third-order valence-electron chi connectivity index (χ3n) is 9.77. The van der Waals surface area contributed by atoms with E-state index in [9.17, 15) is 24.5 Å². The molecule has 10 heteroatoms. The predicted octanol–water partition coefficient (Wildman–Crippen LogP) is 10.4. The van der Waals surface area contributed by atoms with E-state index in [1.807, 2.05) is 0 Å². The molecule has 0 radical (unpaired) electrons. The van der Waals surface area contributed by atoms with E-state index in [4.69, 9.17) is 14.8 Å². The van der Waals surface area contributed by atoms with E-state index in [2.05, 4.69) is 19.2 Å². The molecule has 0 aromatic rings. The molecule has 6 N–H and O–H groups in total. The molecule has 0 aliphatic rings. The van der Waals surface area contributed by atoms with Crippen LogP contribution in [0.2, 0.25) is 0 Å². The number of rotatable bonds is 40. The second-order valence-electron chi connectivity index (χ2n) is 14.8. The van der Waals surface area contributed by atoms with Gasteiger partial charge in [0.25, 0.3) is 0 Å². The fraction of sp³-hybridized carbons (Fsp3) is 0.975. The summed E-state index contributed by atoms with van der Waals surface area (Å²) < 4.78 is 22.1. The standard InChI is InChI=1S/C40H83N2O7P/c1-3-5-7-9-11-13-15-17-18-19-20-21-23-25-27-29-31-37(43)35-40(45)42-38(36-49-50(46,47)48-34-33-41)39(44)32-30-28-26-24-22-16-14-12-10-8-6-4-2/h37-39,43-44H,3-36,41H2,1-2H3,(H,42,45)(H,46,47). The summed E-state index contributed by atoms with van der Waals surface area (Å²) in [5.74, 6) is -0.410. The van der Waals surface area contributed by atoms with Gasteiger partial charge in [-0.15, -0.1) is 0 Å². The van der Waals surface area contributed by atoms with Crippen molar-refractivity contribution in [3.05, 3.63) is 0 Å². The lowest BCUT2D eigenvalue weighted by Gasteiger charge is -2.25. The Balaban J connectivity index is 4.23. The maximum Gasteiger partial charge on any atom is 0.472 e. The van der Waals surface area contributed by atoms with Crippen LogP contribution >= 0.6 is 7.82 Å². The molecule has 0 saturated heterocycles. The van der Waals surface area contributed by atoms with E-state index >= 15 is 0 Å². The number of carbonyl (C=O) groups excluding carboxylic acids is 1. The summed E-state index contributed by atoms with van der Waals surface area (Å²) in [6.07, 6.45) is 34.3. The predicted molar refractivity (Wildman–Crippen MR) is 209 cm³/mol. The van der Waals surface area contributed by atoms with Gasteiger partial charge in [0.2, 0.25) is 5.91 Å².